The lowest BCUT2D eigenvalue weighted by Gasteiger charge is -2.31. The lowest BCUT2D eigenvalue weighted by Crippen LogP contribution is -2.41. The van der Waals surface area contributed by atoms with Crippen LogP contribution in [0.3, 0.4) is 0 Å². The van der Waals surface area contributed by atoms with E-state index in [4.69, 9.17) is 0 Å². The van der Waals surface area contributed by atoms with E-state index in [-0.39, 0.29) is 11.8 Å². The van der Waals surface area contributed by atoms with Crippen molar-refractivity contribution in [3.05, 3.63) is 0 Å². The molecule has 1 aliphatic heterocycles. The molecule has 1 N–H and O–H groups in total. The van der Waals surface area contributed by atoms with E-state index >= 15 is 0 Å². The van der Waals surface area contributed by atoms with Crippen LogP contribution in [-0.4, -0.2) is 60.9 Å². The minimum atomic E-state index is 0.0904. The van der Waals surface area contributed by atoms with Gasteiger partial charge >= 0.3 is 0 Å². The normalized spacial score (nSPS) is 25.4. The molecule has 0 aromatic heterocycles. The Morgan fingerprint density at radius 3 is 2.44 bits per heavy atom. The van der Waals surface area contributed by atoms with E-state index in [1.165, 1.54) is 32.1 Å². The summed E-state index contributed by atoms with van der Waals surface area (Å²) >= 11 is 0. The number of carbonyl (C=O) groups excluding carboxylic acids is 2. The zero-order chi connectivity index (χ0) is 18.1. The lowest BCUT2D eigenvalue weighted by atomic mass is 9.79. The van der Waals surface area contributed by atoms with Crippen LogP contribution in [0.4, 0.5) is 0 Å². The first-order valence-corrected chi connectivity index (χ1v) is 10.4. The molecule has 5 heteroatoms. The molecule has 0 aromatic rings. The van der Waals surface area contributed by atoms with Crippen LogP contribution in [0.2, 0.25) is 0 Å². The molecule has 0 bridgehead atoms. The number of rotatable bonds is 7. The Morgan fingerprint density at radius 1 is 1.00 bits per heavy atom. The maximum absolute atomic E-state index is 12.9. The highest BCUT2D eigenvalue weighted by Gasteiger charge is 2.30. The van der Waals surface area contributed by atoms with Gasteiger partial charge in [0, 0.05) is 38.6 Å². The molecule has 1 aliphatic carbocycles. The van der Waals surface area contributed by atoms with E-state index in [0.29, 0.717) is 19.0 Å². The monoisotopic (exact) mass is 351 g/mol. The van der Waals surface area contributed by atoms with Gasteiger partial charge in [-0.15, -0.1) is 0 Å². The van der Waals surface area contributed by atoms with Crippen molar-refractivity contribution in [2.24, 2.45) is 11.8 Å². The minimum absolute atomic E-state index is 0.0904. The number of hydrogen-bond acceptors (Lipinski definition) is 3. The van der Waals surface area contributed by atoms with Gasteiger partial charge in [-0.2, -0.15) is 0 Å². The molecule has 2 rings (SSSR count). The lowest BCUT2D eigenvalue weighted by molar-refractivity contribution is -0.136. The Balaban J connectivity index is 1.74. The second kappa shape index (κ2) is 10.8. The standard InChI is InChI=1S/C20H37N3O2/c1-3-5-7-17-8-10-18(11-9-17)20(25)23-13-6-12-22(14-15-23)16-19(24)21-4-2/h17-18H,3-16H2,1-2H3,(H,21,24). The molecule has 5 nitrogen and oxygen atoms in total. The molecule has 2 amide bonds. The summed E-state index contributed by atoms with van der Waals surface area (Å²) in [5.74, 6) is 1.55. The zero-order valence-corrected chi connectivity index (χ0v) is 16.3. The van der Waals surface area contributed by atoms with Gasteiger partial charge in [0.2, 0.25) is 11.8 Å². The third kappa shape index (κ3) is 6.61. The Morgan fingerprint density at radius 2 is 1.76 bits per heavy atom. The maximum atomic E-state index is 12.9. The predicted molar refractivity (Wildman–Crippen MR) is 101 cm³/mol. The molecule has 0 spiro atoms. The number of amides is 2. The number of nitrogens with zero attached hydrogens (tertiary/aromatic N) is 2. The summed E-state index contributed by atoms with van der Waals surface area (Å²) in [6, 6.07) is 0. The molecule has 0 unspecified atom stereocenters. The average Bonchev–Trinajstić information content (AvgIpc) is 2.85. The van der Waals surface area contributed by atoms with Crippen molar-refractivity contribution >= 4 is 11.8 Å². The second-order valence-corrected chi connectivity index (χ2v) is 7.77. The van der Waals surface area contributed by atoms with E-state index in [1.807, 2.05) is 6.92 Å². The molecule has 2 fully saturated rings. The molecular formula is C20H37N3O2. The van der Waals surface area contributed by atoms with Gasteiger partial charge in [0.25, 0.3) is 0 Å². The fourth-order valence-corrected chi connectivity index (χ4v) is 4.25. The number of unbranched alkanes of at least 4 members (excludes halogenated alkanes) is 1. The van der Waals surface area contributed by atoms with Gasteiger partial charge in [-0.1, -0.05) is 26.2 Å². The zero-order valence-electron chi connectivity index (χ0n) is 16.3. The summed E-state index contributed by atoms with van der Waals surface area (Å²) in [6.45, 7) is 8.67. The number of hydrogen-bond donors (Lipinski definition) is 1. The molecule has 25 heavy (non-hydrogen) atoms. The van der Waals surface area contributed by atoms with Crippen molar-refractivity contribution in [2.75, 3.05) is 39.3 Å². The molecule has 1 heterocycles. The van der Waals surface area contributed by atoms with Gasteiger partial charge in [0.05, 0.1) is 6.54 Å². The Labute approximate surface area is 153 Å². The predicted octanol–water partition coefficient (Wildman–Crippen LogP) is 2.65. The quantitative estimate of drug-likeness (QED) is 0.767. The SMILES string of the molecule is CCCCC1CCC(C(=O)N2CCCN(CC(=O)NCC)CC2)CC1. The van der Waals surface area contributed by atoms with Crippen molar-refractivity contribution < 1.29 is 9.59 Å². The Kier molecular flexibility index (Phi) is 8.73. The highest BCUT2D eigenvalue weighted by Crippen LogP contribution is 2.33. The fraction of sp³-hybridized carbons (Fsp3) is 0.900. The van der Waals surface area contributed by atoms with Gasteiger partial charge < -0.3 is 10.2 Å². The first kappa shape index (κ1) is 20.2. The fourth-order valence-electron chi connectivity index (χ4n) is 4.25. The van der Waals surface area contributed by atoms with Crippen LogP contribution in [0.15, 0.2) is 0 Å². The van der Waals surface area contributed by atoms with Crippen LogP contribution >= 0.6 is 0 Å². The largest absolute Gasteiger partial charge is 0.355 e. The topological polar surface area (TPSA) is 52.7 Å². The van der Waals surface area contributed by atoms with Crippen molar-refractivity contribution in [2.45, 2.75) is 65.2 Å². The van der Waals surface area contributed by atoms with Crippen molar-refractivity contribution in [3.8, 4) is 0 Å². The van der Waals surface area contributed by atoms with E-state index in [1.54, 1.807) is 0 Å². The van der Waals surface area contributed by atoms with Crippen molar-refractivity contribution in [3.63, 3.8) is 0 Å². The third-order valence-electron chi connectivity index (χ3n) is 5.80. The molecule has 0 atom stereocenters. The van der Waals surface area contributed by atoms with Gasteiger partial charge in [-0.05, 0) is 44.9 Å². The summed E-state index contributed by atoms with van der Waals surface area (Å²) in [4.78, 5) is 28.9. The van der Waals surface area contributed by atoms with Crippen LogP contribution < -0.4 is 5.32 Å². The van der Waals surface area contributed by atoms with E-state index in [0.717, 1.165) is 51.4 Å². The first-order chi connectivity index (χ1) is 12.1. The van der Waals surface area contributed by atoms with Gasteiger partial charge in [0.15, 0.2) is 0 Å². The summed E-state index contributed by atoms with van der Waals surface area (Å²) in [6.07, 6.45) is 9.53. The average molecular weight is 352 g/mol. The highest BCUT2D eigenvalue weighted by molar-refractivity contribution is 5.79. The molecule has 1 saturated carbocycles. The summed E-state index contributed by atoms with van der Waals surface area (Å²) < 4.78 is 0. The van der Waals surface area contributed by atoms with Crippen LogP contribution in [0.25, 0.3) is 0 Å². The van der Waals surface area contributed by atoms with Crippen LogP contribution in [0.1, 0.15) is 65.2 Å². The van der Waals surface area contributed by atoms with Crippen LogP contribution in [-0.2, 0) is 9.59 Å². The highest BCUT2D eigenvalue weighted by atomic mass is 16.2. The smallest absolute Gasteiger partial charge is 0.234 e. The van der Waals surface area contributed by atoms with E-state index < -0.39 is 0 Å². The van der Waals surface area contributed by atoms with E-state index in [2.05, 4.69) is 22.0 Å². The number of nitrogens with one attached hydrogen (secondary N) is 1. The molecular weight excluding hydrogens is 314 g/mol. The number of carbonyl (C=O) groups is 2. The summed E-state index contributed by atoms with van der Waals surface area (Å²) in [7, 11) is 0. The van der Waals surface area contributed by atoms with Crippen molar-refractivity contribution in [1.29, 1.82) is 0 Å². The Bertz CT molecular complexity index is 419. The van der Waals surface area contributed by atoms with Gasteiger partial charge in [-0.25, -0.2) is 0 Å². The maximum Gasteiger partial charge on any atom is 0.234 e. The van der Waals surface area contributed by atoms with Crippen molar-refractivity contribution in [1.82, 2.24) is 15.1 Å². The second-order valence-electron chi connectivity index (χ2n) is 7.77. The summed E-state index contributed by atoms with van der Waals surface area (Å²) in [5, 5.41) is 2.86. The molecule has 0 radical (unpaired) electrons. The Hall–Kier alpha value is -1.10. The molecule has 1 saturated heterocycles. The van der Waals surface area contributed by atoms with E-state index in [9.17, 15) is 9.59 Å². The molecule has 2 aliphatic rings. The van der Waals surface area contributed by atoms with Crippen LogP contribution in [0, 0.1) is 11.8 Å². The molecule has 144 valence electrons. The van der Waals surface area contributed by atoms with Gasteiger partial charge in [-0.3, -0.25) is 14.5 Å². The van der Waals surface area contributed by atoms with Gasteiger partial charge in [0.1, 0.15) is 0 Å². The van der Waals surface area contributed by atoms with Crippen LogP contribution in [0.5, 0.6) is 0 Å². The summed E-state index contributed by atoms with van der Waals surface area (Å²) in [5.41, 5.74) is 0. The minimum Gasteiger partial charge on any atom is -0.355 e. The third-order valence-corrected chi connectivity index (χ3v) is 5.80. The first-order valence-electron chi connectivity index (χ1n) is 10.4. The molecule has 0 aromatic carbocycles. The number of likely N-dealkylation sites (N-methyl/N-ethyl adjacent to an activating group) is 1.